The molecule has 1 aromatic carbocycles. The highest BCUT2D eigenvalue weighted by molar-refractivity contribution is 9.10. The second kappa shape index (κ2) is 6.39. The van der Waals surface area contributed by atoms with Gasteiger partial charge in [0.2, 0.25) is 0 Å². The molecule has 0 radical (unpaired) electrons. The SMILES string of the molecule is CC(C)(C)C(CCO)Nc1cc(Br)ccc1C(=O)O. The molecule has 4 nitrogen and oxygen atoms in total. The van der Waals surface area contributed by atoms with Gasteiger partial charge in [0.15, 0.2) is 0 Å². The van der Waals surface area contributed by atoms with Gasteiger partial charge in [-0.1, -0.05) is 36.7 Å². The summed E-state index contributed by atoms with van der Waals surface area (Å²) in [5.41, 5.74) is 0.714. The van der Waals surface area contributed by atoms with Crippen LogP contribution < -0.4 is 5.32 Å². The predicted octanol–water partition coefficient (Wildman–Crippen LogP) is 3.36. The van der Waals surface area contributed by atoms with Crippen LogP contribution in [0.3, 0.4) is 0 Å². The number of carbonyl (C=O) groups is 1. The maximum Gasteiger partial charge on any atom is 0.337 e. The Kier molecular flexibility index (Phi) is 5.38. The smallest absolute Gasteiger partial charge is 0.337 e. The molecular weight excluding hydrogens is 310 g/mol. The van der Waals surface area contributed by atoms with Gasteiger partial charge in [0.05, 0.1) is 11.3 Å². The van der Waals surface area contributed by atoms with E-state index in [1.165, 1.54) is 0 Å². The second-order valence-electron chi connectivity index (χ2n) is 5.57. The molecule has 0 bridgehead atoms. The Morgan fingerprint density at radius 3 is 2.53 bits per heavy atom. The minimum absolute atomic E-state index is 0.00935. The lowest BCUT2D eigenvalue weighted by Gasteiger charge is -2.32. The first-order valence-electron chi connectivity index (χ1n) is 6.16. The summed E-state index contributed by atoms with van der Waals surface area (Å²) in [6, 6.07) is 5.00. The van der Waals surface area contributed by atoms with Crippen LogP contribution in [-0.4, -0.2) is 28.8 Å². The molecule has 0 aliphatic rings. The zero-order valence-corrected chi connectivity index (χ0v) is 13.0. The number of anilines is 1. The predicted molar refractivity (Wildman–Crippen MR) is 79.7 cm³/mol. The number of benzene rings is 1. The van der Waals surface area contributed by atoms with Crippen molar-refractivity contribution < 1.29 is 15.0 Å². The molecule has 5 heteroatoms. The van der Waals surface area contributed by atoms with Crippen LogP contribution in [0.5, 0.6) is 0 Å². The van der Waals surface area contributed by atoms with Gasteiger partial charge in [0.1, 0.15) is 0 Å². The molecular formula is C14H20BrNO3. The first kappa shape index (κ1) is 16.0. The van der Waals surface area contributed by atoms with E-state index in [0.29, 0.717) is 12.1 Å². The third-order valence-electron chi connectivity index (χ3n) is 3.00. The monoisotopic (exact) mass is 329 g/mol. The van der Waals surface area contributed by atoms with Crippen LogP contribution in [-0.2, 0) is 0 Å². The van der Waals surface area contributed by atoms with E-state index < -0.39 is 5.97 Å². The molecule has 0 aromatic heterocycles. The summed E-state index contributed by atoms with van der Waals surface area (Å²) < 4.78 is 0.816. The number of aliphatic hydroxyl groups excluding tert-OH is 1. The molecule has 0 saturated heterocycles. The van der Waals surface area contributed by atoms with Crippen molar-refractivity contribution in [3.8, 4) is 0 Å². The number of aromatic carboxylic acids is 1. The highest BCUT2D eigenvalue weighted by Crippen LogP contribution is 2.29. The molecule has 1 rings (SSSR count). The van der Waals surface area contributed by atoms with Gasteiger partial charge in [-0.15, -0.1) is 0 Å². The van der Waals surface area contributed by atoms with E-state index in [0.717, 1.165) is 4.47 Å². The normalized spacial score (nSPS) is 13.1. The second-order valence-corrected chi connectivity index (χ2v) is 6.49. The summed E-state index contributed by atoms with van der Waals surface area (Å²) in [7, 11) is 0. The summed E-state index contributed by atoms with van der Waals surface area (Å²) >= 11 is 3.34. The summed E-state index contributed by atoms with van der Waals surface area (Å²) in [5, 5.41) is 21.6. The number of halogens is 1. The van der Waals surface area contributed by atoms with Gasteiger partial charge in [-0.3, -0.25) is 0 Å². The number of hydrogen-bond acceptors (Lipinski definition) is 3. The maximum atomic E-state index is 11.2. The van der Waals surface area contributed by atoms with Crippen LogP contribution in [0.25, 0.3) is 0 Å². The van der Waals surface area contributed by atoms with Crippen molar-refractivity contribution >= 4 is 27.6 Å². The van der Waals surface area contributed by atoms with Crippen molar-refractivity contribution in [1.29, 1.82) is 0 Å². The highest BCUT2D eigenvalue weighted by atomic mass is 79.9. The molecule has 0 fully saturated rings. The molecule has 0 spiro atoms. The Morgan fingerprint density at radius 1 is 1.42 bits per heavy atom. The lowest BCUT2D eigenvalue weighted by molar-refractivity contribution is 0.0697. The van der Waals surface area contributed by atoms with Crippen molar-refractivity contribution in [2.24, 2.45) is 5.41 Å². The van der Waals surface area contributed by atoms with Crippen LogP contribution in [0.1, 0.15) is 37.6 Å². The molecule has 19 heavy (non-hydrogen) atoms. The zero-order chi connectivity index (χ0) is 14.6. The Balaban J connectivity index is 3.08. The van der Waals surface area contributed by atoms with E-state index in [2.05, 4.69) is 42.0 Å². The standard InChI is InChI=1S/C14H20BrNO3/c1-14(2,3)12(6-7-17)16-11-8-9(15)4-5-10(11)13(18)19/h4-5,8,12,16-17H,6-7H2,1-3H3,(H,18,19). The van der Waals surface area contributed by atoms with E-state index in [1.54, 1.807) is 18.2 Å². The number of carboxylic acids is 1. The number of hydrogen-bond donors (Lipinski definition) is 3. The van der Waals surface area contributed by atoms with Gasteiger partial charge >= 0.3 is 5.97 Å². The Labute approximate surface area is 122 Å². The molecule has 1 aromatic rings. The quantitative estimate of drug-likeness (QED) is 0.774. The van der Waals surface area contributed by atoms with E-state index in [-0.39, 0.29) is 23.6 Å². The van der Waals surface area contributed by atoms with Crippen molar-refractivity contribution in [2.75, 3.05) is 11.9 Å². The van der Waals surface area contributed by atoms with Crippen LogP contribution >= 0.6 is 15.9 Å². The molecule has 1 unspecified atom stereocenters. The van der Waals surface area contributed by atoms with Crippen molar-refractivity contribution in [2.45, 2.75) is 33.2 Å². The van der Waals surface area contributed by atoms with Gasteiger partial charge in [0, 0.05) is 17.1 Å². The summed E-state index contributed by atoms with van der Waals surface area (Å²) in [4.78, 5) is 11.2. The summed E-state index contributed by atoms with van der Waals surface area (Å²) in [6.45, 7) is 6.22. The largest absolute Gasteiger partial charge is 0.478 e. The lowest BCUT2D eigenvalue weighted by atomic mass is 9.84. The van der Waals surface area contributed by atoms with Crippen LogP contribution in [0.4, 0.5) is 5.69 Å². The fourth-order valence-electron chi connectivity index (χ4n) is 1.86. The first-order chi connectivity index (χ1) is 8.75. The van der Waals surface area contributed by atoms with Crippen LogP contribution in [0.2, 0.25) is 0 Å². The fourth-order valence-corrected chi connectivity index (χ4v) is 2.22. The first-order valence-corrected chi connectivity index (χ1v) is 6.95. The minimum Gasteiger partial charge on any atom is -0.478 e. The van der Waals surface area contributed by atoms with Gasteiger partial charge in [-0.05, 0) is 30.0 Å². The highest BCUT2D eigenvalue weighted by Gasteiger charge is 2.25. The molecule has 106 valence electrons. The molecule has 0 amide bonds. The van der Waals surface area contributed by atoms with Gasteiger partial charge in [0.25, 0.3) is 0 Å². The number of nitrogens with one attached hydrogen (secondary N) is 1. The van der Waals surface area contributed by atoms with Gasteiger partial charge < -0.3 is 15.5 Å². The number of rotatable bonds is 5. The zero-order valence-electron chi connectivity index (χ0n) is 11.4. The Bertz CT molecular complexity index is 454. The van der Waals surface area contributed by atoms with Crippen LogP contribution in [0, 0.1) is 5.41 Å². The lowest BCUT2D eigenvalue weighted by Crippen LogP contribution is -2.35. The van der Waals surface area contributed by atoms with E-state index in [1.807, 2.05) is 0 Å². The van der Waals surface area contributed by atoms with E-state index in [4.69, 9.17) is 5.11 Å². The molecule has 1 atom stereocenters. The molecule has 0 saturated carbocycles. The van der Waals surface area contributed by atoms with Gasteiger partial charge in [-0.25, -0.2) is 4.79 Å². The minimum atomic E-state index is -0.966. The third kappa shape index (κ3) is 4.51. The topological polar surface area (TPSA) is 69.6 Å². The number of carboxylic acid groups (broad SMARTS) is 1. The third-order valence-corrected chi connectivity index (χ3v) is 3.50. The average molecular weight is 330 g/mol. The van der Waals surface area contributed by atoms with Crippen LogP contribution in [0.15, 0.2) is 22.7 Å². The molecule has 0 aliphatic heterocycles. The Morgan fingerprint density at radius 2 is 2.05 bits per heavy atom. The number of aliphatic hydroxyl groups is 1. The van der Waals surface area contributed by atoms with Crippen molar-refractivity contribution in [1.82, 2.24) is 0 Å². The van der Waals surface area contributed by atoms with Crippen molar-refractivity contribution in [3.05, 3.63) is 28.2 Å². The van der Waals surface area contributed by atoms with E-state index in [9.17, 15) is 9.90 Å². The average Bonchev–Trinajstić information content (AvgIpc) is 2.26. The van der Waals surface area contributed by atoms with E-state index >= 15 is 0 Å². The van der Waals surface area contributed by atoms with Crippen molar-refractivity contribution in [3.63, 3.8) is 0 Å². The fraction of sp³-hybridized carbons (Fsp3) is 0.500. The Hall–Kier alpha value is -1.07. The van der Waals surface area contributed by atoms with Gasteiger partial charge in [-0.2, -0.15) is 0 Å². The summed E-state index contributed by atoms with van der Waals surface area (Å²) in [5.74, 6) is -0.966. The molecule has 0 heterocycles. The maximum absolute atomic E-state index is 11.2. The summed E-state index contributed by atoms with van der Waals surface area (Å²) in [6.07, 6.45) is 0.565. The molecule has 3 N–H and O–H groups in total. The molecule has 0 aliphatic carbocycles.